The number of phosphoric ester groups is 2. The van der Waals surface area contributed by atoms with Crippen LogP contribution in [0.1, 0.15) is 337 Å². The number of unbranched alkanes of at least 4 members (excludes halogenated alkanes) is 33. The number of aliphatic hydroxyl groups excluding tert-OH is 1. The Hall–Kier alpha value is -1.94. The Balaban J connectivity index is 5.17. The van der Waals surface area contributed by atoms with Gasteiger partial charge in [0.05, 0.1) is 26.4 Å². The second-order valence-electron chi connectivity index (χ2n) is 25.8. The van der Waals surface area contributed by atoms with Gasteiger partial charge in [-0.05, 0) is 43.4 Å². The third kappa shape index (κ3) is 61.3. The maximum atomic E-state index is 13.0. The summed E-state index contributed by atoms with van der Waals surface area (Å²) in [4.78, 5) is 72.2. The lowest BCUT2D eigenvalue weighted by Crippen LogP contribution is -2.30. The molecule has 0 rings (SSSR count). The summed E-state index contributed by atoms with van der Waals surface area (Å²) < 4.78 is 68.0. The van der Waals surface area contributed by atoms with Gasteiger partial charge in [0.15, 0.2) is 12.2 Å². The molecule has 0 radical (unpaired) electrons. The molecule has 17 nitrogen and oxygen atoms in total. The Labute approximate surface area is 530 Å². The topological polar surface area (TPSA) is 237 Å². The molecule has 0 aliphatic heterocycles. The van der Waals surface area contributed by atoms with Gasteiger partial charge in [-0.15, -0.1) is 0 Å². The molecule has 0 heterocycles. The van der Waals surface area contributed by atoms with E-state index in [0.717, 1.165) is 114 Å². The maximum absolute atomic E-state index is 13.0. The van der Waals surface area contributed by atoms with Crippen molar-refractivity contribution in [3.8, 4) is 0 Å². The van der Waals surface area contributed by atoms with Gasteiger partial charge in [0, 0.05) is 25.7 Å². The Kier molecular flexibility index (Phi) is 57.8. The zero-order valence-corrected chi connectivity index (χ0v) is 58.3. The number of hydrogen-bond acceptors (Lipinski definition) is 15. The van der Waals surface area contributed by atoms with E-state index in [1.165, 1.54) is 141 Å². The fourth-order valence-electron chi connectivity index (χ4n) is 10.2. The van der Waals surface area contributed by atoms with Gasteiger partial charge in [-0.3, -0.25) is 37.3 Å². The van der Waals surface area contributed by atoms with Crippen molar-refractivity contribution in [1.82, 2.24) is 0 Å². The highest BCUT2D eigenvalue weighted by atomic mass is 31.2. The maximum Gasteiger partial charge on any atom is 0.472 e. The number of aliphatic hydroxyl groups is 1. The predicted octanol–water partition coefficient (Wildman–Crippen LogP) is 19.1. The number of esters is 4. The summed E-state index contributed by atoms with van der Waals surface area (Å²) >= 11 is 0. The van der Waals surface area contributed by atoms with Gasteiger partial charge in [-0.1, -0.05) is 286 Å². The molecule has 0 aromatic rings. The van der Waals surface area contributed by atoms with E-state index >= 15 is 0 Å². The largest absolute Gasteiger partial charge is 0.472 e. The average Bonchev–Trinajstić information content (AvgIpc) is 3.67. The molecule has 0 saturated carbocycles. The minimum atomic E-state index is -4.95. The van der Waals surface area contributed by atoms with Crippen LogP contribution in [0.25, 0.3) is 0 Å². The second kappa shape index (κ2) is 59.1. The van der Waals surface area contributed by atoms with E-state index in [4.69, 9.17) is 37.0 Å². The minimum absolute atomic E-state index is 0.102. The summed E-state index contributed by atoms with van der Waals surface area (Å²) in [5.74, 6) is 0.156. The Morgan fingerprint density at radius 2 is 0.586 bits per heavy atom. The summed E-state index contributed by atoms with van der Waals surface area (Å²) in [6.07, 6.45) is 42.1. The van der Waals surface area contributed by atoms with E-state index in [1.54, 1.807) is 0 Å². The molecule has 0 bridgehead atoms. The van der Waals surface area contributed by atoms with E-state index in [1.807, 2.05) is 0 Å². The molecule has 0 aliphatic carbocycles. The van der Waals surface area contributed by atoms with Gasteiger partial charge in [0.1, 0.15) is 19.3 Å². The number of carbonyl (C=O) groups excluding carboxylic acids is 4. The van der Waals surface area contributed by atoms with Crippen LogP contribution in [0.3, 0.4) is 0 Å². The van der Waals surface area contributed by atoms with Crippen LogP contribution in [0.4, 0.5) is 0 Å². The second-order valence-corrected chi connectivity index (χ2v) is 28.7. The SMILES string of the molecule is CCCCCCCC(=O)OC[C@H](COP(=O)(O)OC[C@H](O)COP(=O)(O)OC[C@@H](COC(=O)CCCCCCCCCCCCCCCC(C)C)OC(=O)CCCCCCCCCCCCCCCC(C)C)OC(=O)CCCCCCCCC(C)CC. The molecule has 0 spiro atoms. The van der Waals surface area contributed by atoms with Crippen LogP contribution >= 0.6 is 15.6 Å². The molecule has 0 fully saturated rings. The molecule has 0 saturated heterocycles. The molecule has 19 heteroatoms. The minimum Gasteiger partial charge on any atom is -0.462 e. The van der Waals surface area contributed by atoms with Crippen molar-refractivity contribution in [2.75, 3.05) is 39.6 Å². The average molecular weight is 1280 g/mol. The monoisotopic (exact) mass is 1280 g/mol. The molecule has 0 aromatic carbocycles. The number of ether oxygens (including phenoxy) is 4. The van der Waals surface area contributed by atoms with Gasteiger partial charge in [-0.2, -0.15) is 0 Å². The molecular formula is C68H132O17P2. The Morgan fingerprint density at radius 3 is 0.874 bits per heavy atom. The highest BCUT2D eigenvalue weighted by Crippen LogP contribution is 2.45. The van der Waals surface area contributed by atoms with Crippen molar-refractivity contribution < 1.29 is 80.2 Å². The lowest BCUT2D eigenvalue weighted by atomic mass is 10.00. The zero-order chi connectivity index (χ0) is 64.5. The highest BCUT2D eigenvalue weighted by Gasteiger charge is 2.30. The number of rotatable bonds is 66. The van der Waals surface area contributed by atoms with Crippen LogP contribution in [0, 0.1) is 17.8 Å². The van der Waals surface area contributed by atoms with Crippen LogP contribution in [-0.2, 0) is 65.4 Å². The van der Waals surface area contributed by atoms with E-state index in [-0.39, 0.29) is 25.7 Å². The molecule has 3 unspecified atom stereocenters. The molecule has 0 amide bonds. The van der Waals surface area contributed by atoms with Crippen molar-refractivity contribution in [3.05, 3.63) is 0 Å². The summed E-state index contributed by atoms with van der Waals surface area (Å²) in [6, 6.07) is 0. The quantitative estimate of drug-likeness (QED) is 0.0222. The normalized spacial score (nSPS) is 14.6. The highest BCUT2D eigenvalue weighted by molar-refractivity contribution is 7.47. The summed E-state index contributed by atoms with van der Waals surface area (Å²) in [6.45, 7) is 11.7. The third-order valence-corrected chi connectivity index (χ3v) is 17.9. The van der Waals surface area contributed by atoms with Gasteiger partial charge in [0.25, 0.3) is 0 Å². The van der Waals surface area contributed by atoms with Crippen LogP contribution in [0.15, 0.2) is 0 Å². The molecule has 87 heavy (non-hydrogen) atoms. The summed E-state index contributed by atoms with van der Waals surface area (Å²) in [7, 11) is -9.89. The van der Waals surface area contributed by atoms with E-state index in [9.17, 15) is 43.2 Å². The van der Waals surface area contributed by atoms with E-state index < -0.39 is 97.5 Å². The molecule has 516 valence electrons. The smallest absolute Gasteiger partial charge is 0.462 e. The number of phosphoric acid groups is 2. The predicted molar refractivity (Wildman–Crippen MR) is 349 cm³/mol. The first kappa shape index (κ1) is 85.1. The lowest BCUT2D eigenvalue weighted by Gasteiger charge is -2.21. The number of carbonyl (C=O) groups is 4. The first-order valence-corrected chi connectivity index (χ1v) is 38.4. The van der Waals surface area contributed by atoms with Crippen LogP contribution in [-0.4, -0.2) is 96.7 Å². The molecule has 3 N–H and O–H groups in total. The van der Waals surface area contributed by atoms with Crippen molar-refractivity contribution >= 4 is 39.5 Å². The molecule has 6 atom stereocenters. The van der Waals surface area contributed by atoms with Gasteiger partial charge in [-0.25, -0.2) is 9.13 Å². The van der Waals surface area contributed by atoms with Crippen molar-refractivity contribution in [1.29, 1.82) is 0 Å². The van der Waals surface area contributed by atoms with Gasteiger partial charge >= 0.3 is 39.5 Å². The van der Waals surface area contributed by atoms with Gasteiger partial charge in [0.2, 0.25) is 0 Å². The fourth-order valence-corrected chi connectivity index (χ4v) is 11.7. The standard InChI is InChI=1S/C68H132O17P2/c1-8-10-11-32-42-49-65(70)78-55-63(85-68(73)52-45-38-31-30-35-41-48-61(7)9-2)57-82-86(74,75)80-53-62(69)54-81-87(76,77)83-58-64(84-67(72)51-44-37-29-25-21-17-13-15-19-23-27-34-40-47-60(5)6)56-79-66(71)50-43-36-28-24-20-16-12-14-18-22-26-33-39-46-59(3)4/h59-64,69H,8-58H2,1-7H3,(H,74,75)(H,76,77)/t61?,62-,63+,64+/m0/s1. The summed E-state index contributed by atoms with van der Waals surface area (Å²) in [5, 5.41) is 10.5. The Morgan fingerprint density at radius 1 is 0.333 bits per heavy atom. The van der Waals surface area contributed by atoms with Crippen molar-refractivity contribution in [2.24, 2.45) is 17.8 Å². The fraction of sp³-hybridized carbons (Fsp3) is 0.941. The molecule has 0 aliphatic rings. The zero-order valence-electron chi connectivity index (χ0n) is 56.5. The third-order valence-electron chi connectivity index (χ3n) is 16.0. The van der Waals surface area contributed by atoms with Crippen LogP contribution in [0.5, 0.6) is 0 Å². The van der Waals surface area contributed by atoms with Crippen molar-refractivity contribution in [2.45, 2.75) is 356 Å². The van der Waals surface area contributed by atoms with E-state index in [2.05, 4.69) is 48.5 Å². The first-order valence-electron chi connectivity index (χ1n) is 35.4. The van der Waals surface area contributed by atoms with Crippen LogP contribution in [0.2, 0.25) is 0 Å². The first-order chi connectivity index (χ1) is 41.8. The van der Waals surface area contributed by atoms with Crippen molar-refractivity contribution in [3.63, 3.8) is 0 Å². The molecule has 0 aromatic heterocycles. The number of hydrogen-bond donors (Lipinski definition) is 3. The Bertz CT molecular complexity index is 1720. The molecular weight excluding hydrogens is 1150 g/mol. The van der Waals surface area contributed by atoms with Gasteiger partial charge < -0.3 is 33.8 Å². The van der Waals surface area contributed by atoms with E-state index in [0.29, 0.717) is 25.7 Å². The van der Waals surface area contributed by atoms with Crippen LogP contribution < -0.4 is 0 Å². The summed E-state index contributed by atoms with van der Waals surface area (Å²) in [5.41, 5.74) is 0. The lowest BCUT2D eigenvalue weighted by molar-refractivity contribution is -0.161.